The lowest BCUT2D eigenvalue weighted by atomic mass is 9.54. The van der Waals surface area contributed by atoms with Crippen LogP contribution in [0, 0.1) is 5.92 Å². The normalized spacial score (nSPS) is 31.7. The zero-order valence-corrected chi connectivity index (χ0v) is 13.4. The zero-order chi connectivity index (χ0) is 16.2. The maximum absolute atomic E-state index is 12.5. The fraction of sp³-hybridized carbons (Fsp3) is 0.500. The van der Waals surface area contributed by atoms with E-state index < -0.39 is 0 Å². The Labute approximate surface area is 135 Å². The number of aromatic hydroxyl groups is 1. The van der Waals surface area contributed by atoms with E-state index in [2.05, 4.69) is 5.32 Å². The van der Waals surface area contributed by atoms with E-state index in [1.54, 1.807) is 14.2 Å². The molecule has 5 nitrogen and oxygen atoms in total. The first kappa shape index (κ1) is 14.6. The largest absolute Gasteiger partial charge is 0.504 e. The predicted octanol–water partition coefficient (Wildman–Crippen LogP) is 1.68. The highest BCUT2D eigenvalue weighted by atomic mass is 16.5. The van der Waals surface area contributed by atoms with Gasteiger partial charge in [-0.05, 0) is 37.1 Å². The third-order valence-corrected chi connectivity index (χ3v) is 5.74. The van der Waals surface area contributed by atoms with E-state index in [0.717, 1.165) is 30.5 Å². The zero-order valence-electron chi connectivity index (χ0n) is 13.4. The molecule has 5 heteroatoms. The quantitative estimate of drug-likeness (QED) is 0.869. The molecular weight excluding hydrogens is 294 g/mol. The number of fused-ring (bicyclic) bond motifs is 1. The molecule has 122 valence electrons. The van der Waals surface area contributed by atoms with E-state index in [9.17, 15) is 9.90 Å². The van der Waals surface area contributed by atoms with E-state index >= 15 is 0 Å². The van der Waals surface area contributed by atoms with Crippen molar-refractivity contribution in [2.45, 2.75) is 30.7 Å². The lowest BCUT2D eigenvalue weighted by Gasteiger charge is -2.53. The topological polar surface area (TPSA) is 67.8 Å². The number of nitrogens with one attached hydrogen (secondary N) is 1. The summed E-state index contributed by atoms with van der Waals surface area (Å²) in [5.41, 5.74) is 1.65. The maximum Gasteiger partial charge on any atom is 0.197 e. The van der Waals surface area contributed by atoms with E-state index in [1.165, 1.54) is 0 Å². The van der Waals surface area contributed by atoms with Crippen LogP contribution < -0.4 is 10.1 Å². The molecule has 1 unspecified atom stereocenters. The lowest BCUT2D eigenvalue weighted by Crippen LogP contribution is -2.60. The number of ether oxygens (including phenoxy) is 2. The molecule has 2 N–H and O–H groups in total. The Hall–Kier alpha value is -2.01. The summed E-state index contributed by atoms with van der Waals surface area (Å²) in [6, 6.07) is 4.09. The van der Waals surface area contributed by atoms with Gasteiger partial charge in [-0.15, -0.1) is 0 Å². The number of hydrogen-bond donors (Lipinski definition) is 2. The number of methoxy groups -OCH3 is 2. The smallest absolute Gasteiger partial charge is 0.197 e. The van der Waals surface area contributed by atoms with Crippen LogP contribution in [0.1, 0.15) is 24.0 Å². The maximum atomic E-state index is 12.5. The van der Waals surface area contributed by atoms with Crippen LogP contribution in [0.25, 0.3) is 0 Å². The van der Waals surface area contributed by atoms with Crippen LogP contribution in [0.2, 0.25) is 0 Å². The molecule has 4 rings (SSSR count). The van der Waals surface area contributed by atoms with Crippen LogP contribution >= 0.6 is 0 Å². The van der Waals surface area contributed by atoms with Gasteiger partial charge >= 0.3 is 0 Å². The van der Waals surface area contributed by atoms with Crippen molar-refractivity contribution >= 4 is 5.78 Å². The summed E-state index contributed by atoms with van der Waals surface area (Å²) in [6.07, 6.45) is 4.00. The average molecular weight is 315 g/mol. The number of allylic oxidation sites excluding steroid dienone is 1. The summed E-state index contributed by atoms with van der Waals surface area (Å²) in [6.45, 7) is 0.848. The van der Waals surface area contributed by atoms with Crippen LogP contribution in [0.4, 0.5) is 0 Å². The Balaban J connectivity index is 1.96. The van der Waals surface area contributed by atoms with Crippen molar-refractivity contribution in [2.75, 3.05) is 20.8 Å². The van der Waals surface area contributed by atoms with Gasteiger partial charge in [0, 0.05) is 29.4 Å². The second kappa shape index (κ2) is 4.99. The summed E-state index contributed by atoms with van der Waals surface area (Å²) in [5.74, 6) is 1.28. The molecule has 1 aromatic carbocycles. The number of carbonyl (C=O) groups is 1. The van der Waals surface area contributed by atoms with Gasteiger partial charge in [-0.2, -0.15) is 0 Å². The minimum Gasteiger partial charge on any atom is -0.504 e. The molecule has 0 aromatic heterocycles. The third-order valence-electron chi connectivity index (χ3n) is 5.74. The first-order valence-corrected chi connectivity index (χ1v) is 8.02. The molecule has 3 atom stereocenters. The van der Waals surface area contributed by atoms with Crippen molar-refractivity contribution in [3.8, 4) is 11.5 Å². The number of benzene rings is 1. The monoisotopic (exact) mass is 315 g/mol. The van der Waals surface area contributed by atoms with E-state index in [1.807, 2.05) is 18.2 Å². The van der Waals surface area contributed by atoms with Crippen molar-refractivity contribution in [3.63, 3.8) is 0 Å². The van der Waals surface area contributed by atoms with Gasteiger partial charge in [-0.1, -0.05) is 6.07 Å². The van der Waals surface area contributed by atoms with Crippen molar-refractivity contribution in [1.29, 1.82) is 0 Å². The Morgan fingerprint density at radius 2 is 2.13 bits per heavy atom. The minimum absolute atomic E-state index is 0.0134. The van der Waals surface area contributed by atoms with Crippen molar-refractivity contribution < 1.29 is 19.4 Å². The van der Waals surface area contributed by atoms with Crippen molar-refractivity contribution in [3.05, 3.63) is 35.1 Å². The van der Waals surface area contributed by atoms with E-state index in [0.29, 0.717) is 17.9 Å². The summed E-state index contributed by atoms with van der Waals surface area (Å²) in [4.78, 5) is 12.5. The summed E-state index contributed by atoms with van der Waals surface area (Å²) in [5, 5.41) is 14.3. The first-order chi connectivity index (χ1) is 11.1. The molecule has 1 aliphatic heterocycles. The number of Topliss-reactive ketones (excluding diaryl/α,β-unsaturated/α-hetero) is 1. The molecule has 23 heavy (non-hydrogen) atoms. The molecule has 0 radical (unpaired) electrons. The second-order valence-corrected chi connectivity index (χ2v) is 6.68. The summed E-state index contributed by atoms with van der Waals surface area (Å²) >= 11 is 0. The molecule has 1 saturated heterocycles. The summed E-state index contributed by atoms with van der Waals surface area (Å²) < 4.78 is 10.6. The number of phenols is 1. The van der Waals surface area contributed by atoms with Gasteiger partial charge in [0.05, 0.1) is 14.2 Å². The lowest BCUT2D eigenvalue weighted by molar-refractivity contribution is -0.122. The molecule has 0 saturated carbocycles. The predicted molar refractivity (Wildman–Crippen MR) is 84.7 cm³/mol. The van der Waals surface area contributed by atoms with Gasteiger partial charge in [-0.3, -0.25) is 4.79 Å². The number of phenolic OH excluding ortho intramolecular Hbond substituents is 1. The third kappa shape index (κ3) is 1.86. The van der Waals surface area contributed by atoms with Crippen LogP contribution in [0.5, 0.6) is 11.5 Å². The van der Waals surface area contributed by atoms with Gasteiger partial charge in [-0.25, -0.2) is 0 Å². The fourth-order valence-electron chi connectivity index (χ4n) is 4.77. The Bertz CT molecular complexity index is 711. The highest BCUT2D eigenvalue weighted by Gasteiger charge is 2.55. The highest BCUT2D eigenvalue weighted by Crippen LogP contribution is 2.56. The van der Waals surface area contributed by atoms with Crippen LogP contribution in [-0.4, -0.2) is 37.7 Å². The van der Waals surface area contributed by atoms with E-state index in [4.69, 9.17) is 9.47 Å². The van der Waals surface area contributed by atoms with Crippen LogP contribution in [-0.2, 0) is 21.4 Å². The molecule has 1 aromatic rings. The Morgan fingerprint density at radius 1 is 1.30 bits per heavy atom. The second-order valence-electron chi connectivity index (χ2n) is 6.68. The van der Waals surface area contributed by atoms with Gasteiger partial charge in [0.1, 0.15) is 0 Å². The Morgan fingerprint density at radius 3 is 2.87 bits per heavy atom. The highest BCUT2D eigenvalue weighted by molar-refractivity contribution is 5.96. The molecular formula is C18H21NO4. The van der Waals surface area contributed by atoms with Gasteiger partial charge in [0.15, 0.2) is 23.0 Å². The van der Waals surface area contributed by atoms with Crippen molar-refractivity contribution in [2.24, 2.45) is 5.92 Å². The van der Waals surface area contributed by atoms with Gasteiger partial charge in [0.2, 0.25) is 0 Å². The molecule has 0 spiro atoms. The first-order valence-electron chi connectivity index (χ1n) is 8.02. The number of piperidine rings is 1. The molecule has 3 aliphatic rings. The molecule has 0 amide bonds. The van der Waals surface area contributed by atoms with Gasteiger partial charge < -0.3 is 19.9 Å². The number of ketones is 1. The Kier molecular flexibility index (Phi) is 3.17. The standard InChI is InChI=1S/C18H21NO4/c1-22-14-4-3-10-7-12-11-8-15(23-2)13(20)9-18(11,5-6-19-12)16(10)17(14)21/h3-4,8,11-12,19,21H,5-7,9H2,1-2H3/t11?,12-,18+/m0/s1. The van der Waals surface area contributed by atoms with Crippen LogP contribution in [0.3, 0.4) is 0 Å². The SMILES string of the molecule is COC1=CC2[C@@H]3Cc4ccc(OC)c(O)c4[C@]2(CCN3)CC1=O. The molecule has 1 fully saturated rings. The minimum atomic E-state index is -0.360. The van der Waals surface area contributed by atoms with Gasteiger partial charge in [0.25, 0.3) is 0 Å². The summed E-state index contributed by atoms with van der Waals surface area (Å²) in [7, 11) is 3.10. The fourth-order valence-corrected chi connectivity index (χ4v) is 4.77. The number of carbonyl (C=O) groups excluding carboxylic acids is 1. The van der Waals surface area contributed by atoms with E-state index in [-0.39, 0.29) is 28.9 Å². The van der Waals surface area contributed by atoms with Crippen molar-refractivity contribution in [1.82, 2.24) is 5.32 Å². The molecule has 1 heterocycles. The average Bonchev–Trinajstić information content (AvgIpc) is 2.53. The van der Waals surface area contributed by atoms with Crippen LogP contribution in [0.15, 0.2) is 24.0 Å². The molecule has 2 aliphatic carbocycles. The number of rotatable bonds is 2. The molecule has 2 bridgehead atoms. The number of hydrogen-bond acceptors (Lipinski definition) is 5.